The first-order valence-electron chi connectivity index (χ1n) is 11.4. The number of hydrogen-bond donors (Lipinski definition) is 1. The van der Waals surface area contributed by atoms with Gasteiger partial charge in [0.2, 0.25) is 0 Å². The van der Waals surface area contributed by atoms with Gasteiger partial charge < -0.3 is 19.7 Å². The van der Waals surface area contributed by atoms with Crippen molar-refractivity contribution in [3.8, 4) is 11.5 Å². The van der Waals surface area contributed by atoms with Crippen LogP contribution in [0.15, 0.2) is 53.4 Å². The van der Waals surface area contributed by atoms with Gasteiger partial charge in [-0.1, -0.05) is 55.8 Å². The molecule has 32 heavy (non-hydrogen) atoms. The third kappa shape index (κ3) is 4.90. The van der Waals surface area contributed by atoms with Crippen molar-refractivity contribution in [1.29, 1.82) is 0 Å². The molecule has 1 saturated carbocycles. The lowest BCUT2D eigenvalue weighted by Gasteiger charge is -2.39. The van der Waals surface area contributed by atoms with Gasteiger partial charge in [0, 0.05) is 11.7 Å². The maximum Gasteiger partial charge on any atom is 0.262 e. The first kappa shape index (κ1) is 22.6. The summed E-state index contributed by atoms with van der Waals surface area (Å²) in [6.45, 7) is 4.80. The fourth-order valence-electron chi connectivity index (χ4n) is 4.57. The lowest BCUT2D eigenvalue weighted by Crippen LogP contribution is -2.48. The Morgan fingerprint density at radius 3 is 2.62 bits per heavy atom. The standard InChI is InChI=1S/C26H32N2O3S/c1-4-31-22-15-14-19(16-23(22)30-3)17-24-25(29)28(21-13-9-8-10-18(21)2)26(32-24)27-20-11-6-5-7-12-20/h5-7,11-12,14-18,21,26-27H,4,8-10,13H2,1-3H3/b24-17-/t18-,21-,26?/m0/s1. The molecule has 0 bridgehead atoms. The number of para-hydroxylation sites is 1. The average molecular weight is 453 g/mol. The van der Waals surface area contributed by atoms with Crippen LogP contribution in [-0.2, 0) is 4.79 Å². The van der Waals surface area contributed by atoms with Crippen LogP contribution in [0, 0.1) is 5.92 Å². The highest BCUT2D eigenvalue weighted by molar-refractivity contribution is 8.05. The van der Waals surface area contributed by atoms with E-state index in [4.69, 9.17) is 9.47 Å². The van der Waals surface area contributed by atoms with Crippen LogP contribution in [-0.4, -0.2) is 36.1 Å². The Bertz CT molecular complexity index is 963. The summed E-state index contributed by atoms with van der Waals surface area (Å²) in [6, 6.07) is 16.2. The Hall–Kier alpha value is -2.60. The number of rotatable bonds is 7. The monoisotopic (exact) mass is 452 g/mol. The predicted octanol–water partition coefficient (Wildman–Crippen LogP) is 5.98. The number of amides is 1. The summed E-state index contributed by atoms with van der Waals surface area (Å²) in [6.07, 6.45) is 6.63. The first-order valence-corrected chi connectivity index (χ1v) is 12.3. The van der Waals surface area contributed by atoms with Crippen molar-refractivity contribution in [2.45, 2.75) is 51.1 Å². The summed E-state index contributed by atoms with van der Waals surface area (Å²) in [5, 5.41) is 3.59. The van der Waals surface area contributed by atoms with E-state index in [0.717, 1.165) is 22.6 Å². The molecule has 4 rings (SSSR count). The van der Waals surface area contributed by atoms with E-state index in [0.29, 0.717) is 24.0 Å². The molecule has 0 aromatic heterocycles. The minimum Gasteiger partial charge on any atom is -0.493 e. The van der Waals surface area contributed by atoms with Crippen LogP contribution in [0.5, 0.6) is 11.5 Å². The van der Waals surface area contributed by atoms with Crippen LogP contribution in [0.1, 0.15) is 45.1 Å². The highest BCUT2D eigenvalue weighted by atomic mass is 32.2. The van der Waals surface area contributed by atoms with Crippen LogP contribution < -0.4 is 14.8 Å². The summed E-state index contributed by atoms with van der Waals surface area (Å²) in [5.74, 6) is 1.99. The van der Waals surface area contributed by atoms with Gasteiger partial charge in [-0.2, -0.15) is 0 Å². The second-order valence-corrected chi connectivity index (χ2v) is 9.50. The highest BCUT2D eigenvalue weighted by Crippen LogP contribution is 2.42. The van der Waals surface area contributed by atoms with E-state index < -0.39 is 0 Å². The van der Waals surface area contributed by atoms with Crippen molar-refractivity contribution in [2.75, 3.05) is 19.0 Å². The van der Waals surface area contributed by atoms with Crippen molar-refractivity contribution < 1.29 is 14.3 Å². The fourth-order valence-corrected chi connectivity index (χ4v) is 5.78. The molecule has 3 atom stereocenters. The molecular formula is C26H32N2O3S. The van der Waals surface area contributed by atoms with Gasteiger partial charge in [0.1, 0.15) is 0 Å². The Morgan fingerprint density at radius 2 is 1.91 bits per heavy atom. The van der Waals surface area contributed by atoms with Crippen LogP contribution >= 0.6 is 11.8 Å². The average Bonchev–Trinajstić information content (AvgIpc) is 3.10. The van der Waals surface area contributed by atoms with Crippen molar-refractivity contribution in [2.24, 2.45) is 5.92 Å². The number of carbonyl (C=O) groups is 1. The van der Waals surface area contributed by atoms with Gasteiger partial charge in [-0.15, -0.1) is 0 Å². The van der Waals surface area contributed by atoms with Gasteiger partial charge >= 0.3 is 0 Å². The molecule has 6 heteroatoms. The Labute approximate surface area is 195 Å². The van der Waals surface area contributed by atoms with E-state index >= 15 is 0 Å². The normalized spacial score (nSPS) is 24.6. The maximum atomic E-state index is 13.6. The number of hydrogen-bond acceptors (Lipinski definition) is 5. The number of anilines is 1. The van der Waals surface area contributed by atoms with Gasteiger partial charge in [0.15, 0.2) is 17.0 Å². The Balaban J connectivity index is 1.63. The zero-order valence-electron chi connectivity index (χ0n) is 19.0. The van der Waals surface area contributed by atoms with Crippen molar-refractivity contribution in [1.82, 2.24) is 4.90 Å². The lowest BCUT2D eigenvalue weighted by molar-refractivity contribution is -0.129. The quantitative estimate of drug-likeness (QED) is 0.523. The minimum atomic E-state index is -0.119. The lowest BCUT2D eigenvalue weighted by atomic mass is 9.85. The van der Waals surface area contributed by atoms with Crippen molar-refractivity contribution >= 4 is 29.4 Å². The summed E-state index contributed by atoms with van der Waals surface area (Å²) < 4.78 is 11.1. The summed E-state index contributed by atoms with van der Waals surface area (Å²) >= 11 is 1.59. The van der Waals surface area contributed by atoms with Crippen LogP contribution in [0.25, 0.3) is 6.08 Å². The predicted molar refractivity (Wildman–Crippen MR) is 132 cm³/mol. The van der Waals surface area contributed by atoms with Gasteiger partial charge in [-0.25, -0.2) is 0 Å². The second kappa shape index (κ2) is 10.3. The maximum absolute atomic E-state index is 13.6. The molecule has 2 aromatic carbocycles. The third-order valence-electron chi connectivity index (χ3n) is 6.21. The van der Waals surface area contributed by atoms with Crippen LogP contribution in [0.4, 0.5) is 5.69 Å². The van der Waals surface area contributed by atoms with Crippen molar-refractivity contribution in [3.05, 3.63) is 59.0 Å². The molecule has 1 heterocycles. The van der Waals surface area contributed by atoms with Crippen LogP contribution in [0.3, 0.4) is 0 Å². The molecule has 0 radical (unpaired) electrons. The van der Waals surface area contributed by atoms with Gasteiger partial charge in [0.25, 0.3) is 5.91 Å². The molecule has 5 nitrogen and oxygen atoms in total. The molecule has 1 N–H and O–H groups in total. The van der Waals surface area contributed by atoms with E-state index in [1.807, 2.05) is 61.5 Å². The SMILES string of the molecule is CCOc1ccc(/C=C2\SC(Nc3ccccc3)N([C@H]3CCCC[C@@H]3C)C2=O)cc1OC. The zero-order chi connectivity index (χ0) is 22.5. The summed E-state index contributed by atoms with van der Waals surface area (Å²) in [7, 11) is 1.64. The van der Waals surface area contributed by atoms with Gasteiger partial charge in [-0.05, 0) is 61.6 Å². The third-order valence-corrected chi connectivity index (χ3v) is 7.32. The van der Waals surface area contributed by atoms with Crippen molar-refractivity contribution in [3.63, 3.8) is 0 Å². The molecule has 2 aromatic rings. The first-order chi connectivity index (χ1) is 15.6. The molecule has 1 saturated heterocycles. The molecule has 2 aliphatic rings. The molecular weight excluding hydrogens is 420 g/mol. The molecule has 1 unspecified atom stereocenters. The van der Waals surface area contributed by atoms with Gasteiger partial charge in [0.05, 0.1) is 18.6 Å². The van der Waals surface area contributed by atoms with E-state index in [2.05, 4.69) is 17.1 Å². The molecule has 170 valence electrons. The van der Waals surface area contributed by atoms with E-state index in [1.165, 1.54) is 19.3 Å². The van der Waals surface area contributed by atoms with Gasteiger partial charge in [-0.3, -0.25) is 4.79 Å². The largest absolute Gasteiger partial charge is 0.493 e. The number of carbonyl (C=O) groups excluding carboxylic acids is 1. The minimum absolute atomic E-state index is 0.107. The molecule has 2 fully saturated rings. The number of nitrogens with zero attached hydrogens (tertiary/aromatic N) is 1. The molecule has 1 amide bonds. The van der Waals surface area contributed by atoms with E-state index in [9.17, 15) is 4.79 Å². The smallest absolute Gasteiger partial charge is 0.262 e. The number of nitrogens with one attached hydrogen (secondary N) is 1. The topological polar surface area (TPSA) is 50.8 Å². The summed E-state index contributed by atoms with van der Waals surface area (Å²) in [5.41, 5.74) is 1.83. The number of thioether (sulfide) groups is 1. The highest BCUT2D eigenvalue weighted by Gasteiger charge is 2.42. The van der Waals surface area contributed by atoms with E-state index in [-0.39, 0.29) is 17.4 Å². The summed E-state index contributed by atoms with van der Waals surface area (Å²) in [4.78, 5) is 16.5. The second-order valence-electron chi connectivity index (χ2n) is 8.37. The van der Waals surface area contributed by atoms with E-state index in [1.54, 1.807) is 18.9 Å². The molecule has 0 spiro atoms. The molecule has 1 aliphatic heterocycles. The van der Waals surface area contributed by atoms with Crippen LogP contribution in [0.2, 0.25) is 0 Å². The number of ether oxygens (including phenoxy) is 2. The Morgan fingerprint density at radius 1 is 1.12 bits per heavy atom. The zero-order valence-corrected chi connectivity index (χ0v) is 19.9. The Kier molecular flexibility index (Phi) is 7.30. The fraction of sp³-hybridized carbons (Fsp3) is 0.423. The number of benzene rings is 2. The molecule has 1 aliphatic carbocycles. The number of methoxy groups -OCH3 is 1.